The molecule has 7 rings (SSSR count). The summed E-state index contributed by atoms with van der Waals surface area (Å²) < 4.78 is 46.2. The third-order valence-corrected chi connectivity index (χ3v) is 9.22. The van der Waals surface area contributed by atoms with Gasteiger partial charge in [-0.3, -0.25) is 9.48 Å². The number of rotatable bonds is 8. The highest BCUT2D eigenvalue weighted by atomic mass is 32.1. The van der Waals surface area contributed by atoms with Crippen LogP contribution in [-0.2, 0) is 29.7 Å². The lowest BCUT2D eigenvalue weighted by atomic mass is 9.96. The third kappa shape index (κ3) is 5.03. The number of hydrogen-bond acceptors (Lipinski definition) is 7. The summed E-state index contributed by atoms with van der Waals surface area (Å²) in [6, 6.07) is 11.7. The van der Waals surface area contributed by atoms with Crippen molar-refractivity contribution in [2.75, 3.05) is 20.3 Å². The molecule has 1 aliphatic heterocycles. The Kier molecular flexibility index (Phi) is 7.61. The fraction of sp³-hybridized carbons (Fsp3) is 0.235. The fourth-order valence-corrected chi connectivity index (χ4v) is 6.98. The topological polar surface area (TPSA) is 87.3 Å². The molecule has 0 saturated carbocycles. The van der Waals surface area contributed by atoms with Crippen LogP contribution in [0.4, 0.5) is 8.78 Å². The van der Waals surface area contributed by atoms with E-state index in [9.17, 15) is 9.18 Å². The zero-order valence-corrected chi connectivity index (χ0v) is 26.3. The van der Waals surface area contributed by atoms with Crippen LogP contribution < -0.4 is 4.74 Å². The lowest BCUT2D eigenvalue weighted by Crippen LogP contribution is -2.44. The molecule has 234 valence electrons. The zero-order valence-electron chi connectivity index (χ0n) is 25.5. The molecule has 2 aromatic carbocycles. The number of aryl methyl sites for hydroxylation is 1. The van der Waals surface area contributed by atoms with Crippen LogP contribution in [0.1, 0.15) is 12.6 Å². The van der Waals surface area contributed by atoms with Crippen LogP contribution in [0.25, 0.3) is 54.9 Å². The van der Waals surface area contributed by atoms with Crippen molar-refractivity contribution in [1.82, 2.24) is 29.2 Å². The first-order chi connectivity index (χ1) is 22.3. The summed E-state index contributed by atoms with van der Waals surface area (Å²) in [4.78, 5) is 24.1. The standard InChI is InChI=1S/C34H30F2N6O3S/c1-5-29(43)41-17-22-15-26(39-42(22)16-19(41)2)33-31(30-24(36)13-21(35)14-28(30)45-10-9-44-4)34-23(8-11-46-34)32(38-33)20-6-7-27-25(12-20)37-18-40(27)3/h5-8,11-15,18-19H,1,9-10,16-17H2,2-4H3/t19-/m1/s1. The van der Waals surface area contributed by atoms with Crippen LogP contribution in [0.15, 0.2) is 66.8 Å². The van der Waals surface area contributed by atoms with Crippen LogP contribution in [-0.4, -0.2) is 61.5 Å². The second kappa shape index (κ2) is 11.8. The van der Waals surface area contributed by atoms with Crippen molar-refractivity contribution < 1.29 is 23.0 Å². The van der Waals surface area contributed by atoms with Gasteiger partial charge in [0.2, 0.25) is 5.91 Å². The average Bonchev–Trinajstić information content (AvgIpc) is 3.78. The number of thiophene rings is 1. The minimum Gasteiger partial charge on any atom is -0.490 e. The number of hydrogen-bond donors (Lipinski definition) is 0. The summed E-state index contributed by atoms with van der Waals surface area (Å²) in [5, 5.41) is 7.65. The Labute approximate surface area is 267 Å². The van der Waals surface area contributed by atoms with E-state index < -0.39 is 11.6 Å². The first-order valence-electron chi connectivity index (χ1n) is 14.7. The van der Waals surface area contributed by atoms with E-state index in [2.05, 4.69) is 11.6 Å². The Morgan fingerprint density at radius 1 is 1.13 bits per heavy atom. The second-order valence-electron chi connectivity index (χ2n) is 11.2. The quantitative estimate of drug-likeness (QED) is 0.138. The number of carbonyl (C=O) groups is 1. The Morgan fingerprint density at radius 2 is 1.98 bits per heavy atom. The van der Waals surface area contributed by atoms with Gasteiger partial charge < -0.3 is 18.9 Å². The minimum atomic E-state index is -0.784. The van der Waals surface area contributed by atoms with E-state index in [1.807, 2.05) is 58.9 Å². The molecule has 1 aliphatic rings. The van der Waals surface area contributed by atoms with Gasteiger partial charge in [0.05, 0.1) is 54.0 Å². The number of aromatic nitrogens is 5. The molecule has 9 nitrogen and oxygen atoms in total. The Hall–Kier alpha value is -4.94. The highest BCUT2D eigenvalue weighted by Crippen LogP contribution is 2.47. The van der Waals surface area contributed by atoms with Gasteiger partial charge >= 0.3 is 0 Å². The van der Waals surface area contributed by atoms with Crippen LogP contribution in [0.5, 0.6) is 5.75 Å². The van der Waals surface area contributed by atoms with Crippen molar-refractivity contribution in [2.45, 2.75) is 26.1 Å². The first kappa shape index (κ1) is 29.8. The van der Waals surface area contributed by atoms with E-state index in [1.165, 1.54) is 30.6 Å². The molecule has 0 spiro atoms. The van der Waals surface area contributed by atoms with Crippen molar-refractivity contribution in [3.63, 3.8) is 0 Å². The van der Waals surface area contributed by atoms with E-state index in [-0.39, 0.29) is 36.5 Å². The summed E-state index contributed by atoms with van der Waals surface area (Å²) in [5.74, 6) is -1.67. The normalized spacial score (nSPS) is 14.6. The zero-order chi connectivity index (χ0) is 32.1. The number of carbonyl (C=O) groups excluding carboxylic acids is 1. The van der Waals surface area contributed by atoms with Gasteiger partial charge in [-0.05, 0) is 42.6 Å². The minimum absolute atomic E-state index is 0.0373. The van der Waals surface area contributed by atoms with Gasteiger partial charge in [0, 0.05) is 53.5 Å². The van der Waals surface area contributed by atoms with Crippen LogP contribution in [0, 0.1) is 11.6 Å². The third-order valence-electron chi connectivity index (χ3n) is 8.29. The summed E-state index contributed by atoms with van der Waals surface area (Å²) in [6.45, 7) is 6.72. The molecule has 5 heterocycles. The van der Waals surface area contributed by atoms with Gasteiger partial charge in [-0.25, -0.2) is 18.7 Å². The molecule has 46 heavy (non-hydrogen) atoms. The highest BCUT2D eigenvalue weighted by molar-refractivity contribution is 7.18. The van der Waals surface area contributed by atoms with E-state index in [0.717, 1.165) is 38.4 Å². The van der Waals surface area contributed by atoms with Gasteiger partial charge in [0.1, 0.15) is 35.4 Å². The van der Waals surface area contributed by atoms with Crippen LogP contribution in [0.3, 0.4) is 0 Å². The second-order valence-corrected chi connectivity index (χ2v) is 12.1. The van der Waals surface area contributed by atoms with E-state index in [1.54, 1.807) is 11.2 Å². The molecule has 1 amide bonds. The molecule has 12 heteroatoms. The Morgan fingerprint density at radius 3 is 2.78 bits per heavy atom. The maximum absolute atomic E-state index is 16.0. The number of ether oxygens (including phenoxy) is 2. The maximum Gasteiger partial charge on any atom is 0.246 e. The van der Waals surface area contributed by atoms with Crippen molar-refractivity contribution >= 4 is 38.4 Å². The average molecular weight is 641 g/mol. The molecule has 1 atom stereocenters. The first-order valence-corrected chi connectivity index (χ1v) is 15.6. The number of fused-ring (bicyclic) bond motifs is 3. The Bertz CT molecular complexity index is 2150. The summed E-state index contributed by atoms with van der Waals surface area (Å²) in [5.41, 5.74) is 5.53. The number of imidazole rings is 1. The van der Waals surface area contributed by atoms with Crippen molar-refractivity contribution in [3.8, 4) is 39.5 Å². The van der Waals surface area contributed by atoms with Crippen molar-refractivity contribution in [1.29, 1.82) is 0 Å². The molecular formula is C34H30F2N6O3S. The smallest absolute Gasteiger partial charge is 0.246 e. The maximum atomic E-state index is 16.0. The van der Waals surface area contributed by atoms with Gasteiger partial charge in [-0.15, -0.1) is 11.3 Å². The molecule has 0 aliphatic carbocycles. The van der Waals surface area contributed by atoms with Crippen molar-refractivity contribution in [3.05, 3.63) is 84.2 Å². The fourth-order valence-electron chi connectivity index (χ4n) is 6.04. The van der Waals surface area contributed by atoms with Gasteiger partial charge in [0.15, 0.2) is 0 Å². The SMILES string of the molecule is C=CC(=O)N1Cc2cc(-c3nc(-c4ccc5c(c4)ncn5C)c4ccsc4c3-c3c(F)cc(F)cc3OCCOC)nn2C[C@H]1C. The van der Waals surface area contributed by atoms with Gasteiger partial charge in [-0.2, -0.15) is 5.10 Å². The number of halogens is 2. The van der Waals surface area contributed by atoms with Crippen LogP contribution >= 0.6 is 11.3 Å². The molecule has 0 radical (unpaired) electrons. The Balaban J connectivity index is 1.49. The number of pyridine rings is 1. The lowest BCUT2D eigenvalue weighted by molar-refractivity contribution is -0.129. The summed E-state index contributed by atoms with van der Waals surface area (Å²) in [6.07, 6.45) is 3.07. The molecule has 0 unspecified atom stereocenters. The molecular weight excluding hydrogens is 610 g/mol. The lowest BCUT2D eigenvalue weighted by Gasteiger charge is -2.33. The molecule has 0 N–H and O–H groups in total. The number of methoxy groups -OCH3 is 1. The number of benzene rings is 2. The van der Waals surface area contributed by atoms with Crippen molar-refractivity contribution in [2.24, 2.45) is 7.05 Å². The summed E-state index contributed by atoms with van der Waals surface area (Å²) >= 11 is 1.43. The van der Waals surface area contributed by atoms with E-state index >= 15 is 4.39 Å². The highest BCUT2D eigenvalue weighted by Gasteiger charge is 2.30. The number of nitrogens with zero attached hydrogens (tertiary/aromatic N) is 6. The van der Waals surface area contributed by atoms with E-state index in [4.69, 9.17) is 19.6 Å². The van der Waals surface area contributed by atoms with Crippen LogP contribution in [0.2, 0.25) is 0 Å². The monoisotopic (exact) mass is 640 g/mol. The molecule has 6 aromatic rings. The molecule has 0 bridgehead atoms. The number of amides is 1. The predicted octanol–water partition coefficient (Wildman–Crippen LogP) is 6.60. The largest absolute Gasteiger partial charge is 0.490 e. The van der Waals surface area contributed by atoms with E-state index in [0.29, 0.717) is 35.7 Å². The van der Waals surface area contributed by atoms with Gasteiger partial charge in [0.25, 0.3) is 0 Å². The molecule has 0 saturated heterocycles. The van der Waals surface area contributed by atoms with Gasteiger partial charge in [-0.1, -0.05) is 12.6 Å². The predicted molar refractivity (Wildman–Crippen MR) is 173 cm³/mol. The summed E-state index contributed by atoms with van der Waals surface area (Å²) in [7, 11) is 3.46. The molecule has 0 fully saturated rings. The molecule has 4 aromatic heterocycles.